The van der Waals surface area contributed by atoms with Gasteiger partial charge in [0, 0.05) is 5.69 Å². The van der Waals surface area contributed by atoms with Crippen molar-refractivity contribution >= 4 is 17.5 Å². The number of halogens is 4. The molecule has 16 heavy (non-hydrogen) atoms. The second-order valence-corrected chi connectivity index (χ2v) is 3.45. The number of hydrogen-bond donors (Lipinski definition) is 1. The van der Waals surface area contributed by atoms with Gasteiger partial charge in [-0.1, -0.05) is 11.6 Å². The molecular formula is C9H8ClF3N2O. The highest BCUT2D eigenvalue weighted by Crippen LogP contribution is 2.15. The minimum absolute atomic E-state index is 0.0727. The van der Waals surface area contributed by atoms with Gasteiger partial charge in [0.1, 0.15) is 11.7 Å². The summed E-state index contributed by atoms with van der Waals surface area (Å²) < 4.78 is 35.5. The number of nitrogens with one attached hydrogen (secondary N) is 1. The highest BCUT2D eigenvalue weighted by Gasteiger charge is 2.28. The molecule has 0 spiro atoms. The van der Waals surface area contributed by atoms with Crippen molar-refractivity contribution in [1.29, 1.82) is 0 Å². The van der Waals surface area contributed by atoms with E-state index in [1.807, 2.05) is 0 Å². The van der Waals surface area contributed by atoms with Crippen LogP contribution in [-0.4, -0.2) is 23.6 Å². The first-order chi connectivity index (χ1) is 7.29. The average Bonchev–Trinajstić information content (AvgIpc) is 2.13. The van der Waals surface area contributed by atoms with E-state index in [0.29, 0.717) is 5.69 Å². The first-order valence-corrected chi connectivity index (χ1v) is 4.65. The summed E-state index contributed by atoms with van der Waals surface area (Å²) in [7, 11) is 0. The maximum absolute atomic E-state index is 11.8. The Kier molecular flexibility index (Phi) is 3.74. The Morgan fingerprint density at radius 2 is 2.12 bits per heavy atom. The average molecular weight is 253 g/mol. The van der Waals surface area contributed by atoms with E-state index < -0.39 is 18.6 Å². The van der Waals surface area contributed by atoms with Crippen LogP contribution in [0.25, 0.3) is 0 Å². The molecule has 0 aliphatic carbocycles. The van der Waals surface area contributed by atoms with Gasteiger partial charge in [0.15, 0.2) is 0 Å². The summed E-state index contributed by atoms with van der Waals surface area (Å²) in [4.78, 5) is 15.1. The van der Waals surface area contributed by atoms with E-state index >= 15 is 0 Å². The summed E-state index contributed by atoms with van der Waals surface area (Å²) in [5.41, 5.74) is 0.508. The molecule has 1 rings (SSSR count). The van der Waals surface area contributed by atoms with E-state index in [0.717, 1.165) is 0 Å². The quantitative estimate of drug-likeness (QED) is 0.821. The smallest absolute Gasteiger partial charge is 0.343 e. The minimum Gasteiger partial charge on any atom is -0.343 e. The van der Waals surface area contributed by atoms with Gasteiger partial charge in [-0.25, -0.2) is 4.98 Å². The van der Waals surface area contributed by atoms with Crippen LogP contribution in [0.1, 0.15) is 16.1 Å². The minimum atomic E-state index is -4.44. The van der Waals surface area contributed by atoms with Crippen molar-refractivity contribution in [3.05, 3.63) is 28.5 Å². The van der Waals surface area contributed by atoms with Crippen LogP contribution in [-0.2, 0) is 0 Å². The van der Waals surface area contributed by atoms with E-state index in [4.69, 9.17) is 11.6 Å². The second kappa shape index (κ2) is 4.69. The normalized spacial score (nSPS) is 11.3. The van der Waals surface area contributed by atoms with Crippen LogP contribution < -0.4 is 5.32 Å². The number of rotatable bonds is 2. The third kappa shape index (κ3) is 3.69. The third-order valence-electron chi connectivity index (χ3n) is 1.68. The molecular weight excluding hydrogens is 245 g/mol. The number of aromatic nitrogens is 1. The van der Waals surface area contributed by atoms with Gasteiger partial charge in [0.25, 0.3) is 5.91 Å². The van der Waals surface area contributed by atoms with Crippen LogP contribution in [0.15, 0.2) is 12.1 Å². The zero-order chi connectivity index (χ0) is 12.3. The molecule has 0 atom stereocenters. The molecule has 0 aromatic carbocycles. The number of pyridine rings is 1. The fraction of sp³-hybridized carbons (Fsp3) is 0.333. The standard InChI is InChI=1S/C9H8ClF3N2O/c1-5-2-3-6(7(10)15-5)8(16)14-4-9(11,12)13/h2-3H,4H2,1H3,(H,14,16). The Bertz CT molecular complexity index is 406. The van der Waals surface area contributed by atoms with Gasteiger partial charge in [0.05, 0.1) is 5.56 Å². The number of hydrogen-bond acceptors (Lipinski definition) is 2. The molecule has 3 nitrogen and oxygen atoms in total. The lowest BCUT2D eigenvalue weighted by Gasteiger charge is -2.09. The second-order valence-electron chi connectivity index (χ2n) is 3.09. The molecule has 1 amide bonds. The van der Waals surface area contributed by atoms with Crippen molar-refractivity contribution in [2.75, 3.05) is 6.54 Å². The van der Waals surface area contributed by atoms with Gasteiger partial charge >= 0.3 is 6.18 Å². The lowest BCUT2D eigenvalue weighted by atomic mass is 10.2. The molecule has 0 fully saturated rings. The van der Waals surface area contributed by atoms with Crippen molar-refractivity contribution in [3.63, 3.8) is 0 Å². The summed E-state index contributed by atoms with van der Waals surface area (Å²) in [6, 6.07) is 2.82. The van der Waals surface area contributed by atoms with Gasteiger partial charge in [-0.05, 0) is 19.1 Å². The lowest BCUT2D eigenvalue weighted by Crippen LogP contribution is -2.33. The zero-order valence-electron chi connectivity index (χ0n) is 8.23. The predicted molar refractivity (Wildman–Crippen MR) is 52.4 cm³/mol. The maximum atomic E-state index is 11.8. The summed E-state index contributed by atoms with van der Waals surface area (Å²) >= 11 is 5.62. The first kappa shape index (κ1) is 12.8. The fourth-order valence-corrected chi connectivity index (χ4v) is 1.25. The van der Waals surface area contributed by atoms with Crippen LogP contribution in [0.4, 0.5) is 13.2 Å². The fourth-order valence-electron chi connectivity index (χ4n) is 0.970. The van der Waals surface area contributed by atoms with Crippen molar-refractivity contribution in [3.8, 4) is 0 Å². The van der Waals surface area contributed by atoms with E-state index in [2.05, 4.69) is 4.98 Å². The van der Waals surface area contributed by atoms with Gasteiger partial charge in [-0.2, -0.15) is 13.2 Å². The molecule has 0 unspecified atom stereocenters. The van der Waals surface area contributed by atoms with Gasteiger partial charge in [-0.3, -0.25) is 4.79 Å². The Hall–Kier alpha value is -1.30. The third-order valence-corrected chi connectivity index (χ3v) is 1.97. The van der Waals surface area contributed by atoms with E-state index in [9.17, 15) is 18.0 Å². The van der Waals surface area contributed by atoms with Crippen molar-refractivity contribution in [2.45, 2.75) is 13.1 Å². The molecule has 1 aromatic rings. The molecule has 7 heteroatoms. The van der Waals surface area contributed by atoms with Crippen LogP contribution in [0, 0.1) is 6.92 Å². The number of carbonyl (C=O) groups is 1. The number of alkyl halides is 3. The molecule has 0 aliphatic heterocycles. The summed E-state index contributed by atoms with van der Waals surface area (Å²) in [5.74, 6) is -0.894. The number of aryl methyl sites for hydroxylation is 1. The van der Waals surface area contributed by atoms with E-state index in [1.54, 1.807) is 12.2 Å². The van der Waals surface area contributed by atoms with E-state index in [-0.39, 0.29) is 10.7 Å². The van der Waals surface area contributed by atoms with Crippen molar-refractivity contribution in [2.24, 2.45) is 0 Å². The molecule has 88 valence electrons. The monoisotopic (exact) mass is 252 g/mol. The molecule has 0 saturated carbocycles. The maximum Gasteiger partial charge on any atom is 0.405 e. The molecule has 0 bridgehead atoms. The van der Waals surface area contributed by atoms with Gasteiger partial charge < -0.3 is 5.32 Å². The Morgan fingerprint density at radius 1 is 1.50 bits per heavy atom. The van der Waals surface area contributed by atoms with E-state index in [1.165, 1.54) is 12.1 Å². The molecule has 1 aromatic heterocycles. The summed E-state index contributed by atoms with van der Waals surface area (Å²) in [6.07, 6.45) is -4.44. The number of nitrogens with zero attached hydrogens (tertiary/aromatic N) is 1. The summed E-state index contributed by atoms with van der Waals surface area (Å²) in [5, 5.41) is 1.60. The highest BCUT2D eigenvalue weighted by atomic mass is 35.5. The van der Waals surface area contributed by atoms with Gasteiger partial charge in [-0.15, -0.1) is 0 Å². The lowest BCUT2D eigenvalue weighted by molar-refractivity contribution is -0.123. The van der Waals surface area contributed by atoms with Crippen LogP contribution in [0.3, 0.4) is 0 Å². The predicted octanol–water partition coefficient (Wildman–Crippen LogP) is 2.34. The number of carbonyl (C=O) groups excluding carboxylic acids is 1. The Labute approximate surface area is 94.6 Å². The van der Waals surface area contributed by atoms with Crippen molar-refractivity contribution < 1.29 is 18.0 Å². The van der Waals surface area contributed by atoms with Crippen LogP contribution >= 0.6 is 11.6 Å². The van der Waals surface area contributed by atoms with Crippen molar-refractivity contribution in [1.82, 2.24) is 10.3 Å². The topological polar surface area (TPSA) is 42.0 Å². The highest BCUT2D eigenvalue weighted by molar-refractivity contribution is 6.32. The molecule has 1 N–H and O–H groups in total. The van der Waals surface area contributed by atoms with Gasteiger partial charge in [0.2, 0.25) is 0 Å². The van der Waals surface area contributed by atoms with Crippen LogP contribution in [0.2, 0.25) is 5.15 Å². The molecule has 1 heterocycles. The molecule has 0 saturated heterocycles. The number of amides is 1. The first-order valence-electron chi connectivity index (χ1n) is 4.28. The van der Waals surface area contributed by atoms with Crippen LogP contribution in [0.5, 0.6) is 0 Å². The SMILES string of the molecule is Cc1ccc(C(=O)NCC(F)(F)F)c(Cl)n1. The zero-order valence-corrected chi connectivity index (χ0v) is 8.99. The molecule has 0 radical (unpaired) electrons. The Morgan fingerprint density at radius 3 is 2.62 bits per heavy atom. The summed E-state index contributed by atoms with van der Waals surface area (Å²) in [6.45, 7) is 0.263. The molecule has 0 aliphatic rings. The Balaban J connectivity index is 2.74. The largest absolute Gasteiger partial charge is 0.405 e.